The predicted molar refractivity (Wildman–Crippen MR) is 92.8 cm³/mol. The molecular formula is C18H28N4O3. The molecule has 1 atom stereocenters. The van der Waals surface area contributed by atoms with Crippen LogP contribution in [0.5, 0.6) is 0 Å². The average Bonchev–Trinajstić information content (AvgIpc) is 3.14. The van der Waals surface area contributed by atoms with Gasteiger partial charge in [-0.25, -0.2) is 4.98 Å². The summed E-state index contributed by atoms with van der Waals surface area (Å²) in [5.74, 6) is 0.296. The van der Waals surface area contributed by atoms with Crippen LogP contribution >= 0.6 is 0 Å². The Kier molecular flexibility index (Phi) is 5.73. The summed E-state index contributed by atoms with van der Waals surface area (Å²) in [5, 5.41) is 0. The second-order valence-electron chi connectivity index (χ2n) is 7.20. The van der Waals surface area contributed by atoms with Gasteiger partial charge in [0.2, 0.25) is 11.8 Å². The van der Waals surface area contributed by atoms with Gasteiger partial charge in [-0.05, 0) is 26.2 Å². The van der Waals surface area contributed by atoms with Crippen molar-refractivity contribution >= 4 is 11.8 Å². The molecule has 2 aliphatic heterocycles. The molecule has 3 heterocycles. The molecule has 1 aromatic rings. The largest absolute Gasteiger partial charge is 0.372 e. The minimum absolute atomic E-state index is 0.0437. The number of piperidine rings is 2. The Morgan fingerprint density at radius 2 is 2.28 bits per heavy atom. The summed E-state index contributed by atoms with van der Waals surface area (Å²) in [6, 6.07) is 0. The fourth-order valence-corrected chi connectivity index (χ4v) is 4.02. The number of nitrogens with zero attached hydrogens (tertiary/aromatic N) is 3. The number of H-pyrrole nitrogens is 1. The Labute approximate surface area is 148 Å². The van der Waals surface area contributed by atoms with E-state index in [-0.39, 0.29) is 23.8 Å². The van der Waals surface area contributed by atoms with E-state index in [1.807, 2.05) is 16.7 Å². The molecule has 1 spiro atoms. The van der Waals surface area contributed by atoms with E-state index in [9.17, 15) is 9.59 Å². The van der Waals surface area contributed by atoms with Crippen LogP contribution in [0.1, 0.15) is 38.3 Å². The molecule has 1 N–H and O–H groups in total. The zero-order valence-electron chi connectivity index (χ0n) is 15.0. The van der Waals surface area contributed by atoms with Crippen LogP contribution in [-0.4, -0.2) is 71.0 Å². The maximum atomic E-state index is 12.3. The highest BCUT2D eigenvalue weighted by Crippen LogP contribution is 2.38. The van der Waals surface area contributed by atoms with E-state index in [0.29, 0.717) is 19.6 Å². The monoisotopic (exact) mass is 348 g/mol. The zero-order valence-corrected chi connectivity index (χ0v) is 15.0. The van der Waals surface area contributed by atoms with E-state index < -0.39 is 0 Å². The summed E-state index contributed by atoms with van der Waals surface area (Å²) in [7, 11) is 0. The molecule has 2 amide bonds. The molecule has 2 aliphatic rings. The van der Waals surface area contributed by atoms with Gasteiger partial charge in [-0.15, -0.1) is 0 Å². The first-order valence-corrected chi connectivity index (χ1v) is 9.22. The van der Waals surface area contributed by atoms with E-state index in [4.69, 9.17) is 4.74 Å². The van der Waals surface area contributed by atoms with Crippen molar-refractivity contribution in [3.63, 3.8) is 0 Å². The lowest BCUT2D eigenvalue weighted by molar-refractivity contribution is -0.145. The molecule has 0 bridgehead atoms. The van der Waals surface area contributed by atoms with Crippen molar-refractivity contribution in [1.82, 2.24) is 19.8 Å². The molecule has 2 saturated heterocycles. The molecule has 3 rings (SSSR count). The van der Waals surface area contributed by atoms with Gasteiger partial charge in [-0.2, -0.15) is 0 Å². The molecule has 7 heteroatoms. The number of hydrogen-bond acceptors (Lipinski definition) is 4. The Balaban J connectivity index is 1.60. The highest BCUT2D eigenvalue weighted by Gasteiger charge is 2.42. The van der Waals surface area contributed by atoms with Crippen LogP contribution in [0.3, 0.4) is 0 Å². The number of nitrogens with one attached hydrogen (secondary N) is 1. The van der Waals surface area contributed by atoms with Crippen LogP contribution in [0.25, 0.3) is 0 Å². The molecule has 1 aromatic heterocycles. The van der Waals surface area contributed by atoms with Crippen LogP contribution in [-0.2, 0) is 20.7 Å². The van der Waals surface area contributed by atoms with Gasteiger partial charge in [-0.3, -0.25) is 9.59 Å². The van der Waals surface area contributed by atoms with Crippen molar-refractivity contribution in [3.8, 4) is 0 Å². The maximum absolute atomic E-state index is 12.3. The third-order valence-electron chi connectivity index (χ3n) is 5.40. The number of aromatic amines is 1. The molecule has 25 heavy (non-hydrogen) atoms. The van der Waals surface area contributed by atoms with Crippen molar-refractivity contribution in [3.05, 3.63) is 18.2 Å². The normalized spacial score (nSPS) is 24.1. The molecule has 2 fully saturated rings. The Morgan fingerprint density at radius 1 is 1.40 bits per heavy atom. The van der Waals surface area contributed by atoms with Gasteiger partial charge in [0.1, 0.15) is 6.61 Å². The van der Waals surface area contributed by atoms with E-state index in [1.54, 1.807) is 12.5 Å². The number of carbonyl (C=O) groups is 2. The van der Waals surface area contributed by atoms with E-state index >= 15 is 0 Å². The maximum Gasteiger partial charge on any atom is 0.248 e. The number of amides is 2. The number of hydrogen-bond donors (Lipinski definition) is 1. The predicted octanol–water partition coefficient (Wildman–Crippen LogP) is 1.22. The van der Waals surface area contributed by atoms with E-state index in [2.05, 4.69) is 9.97 Å². The van der Waals surface area contributed by atoms with Crippen LogP contribution in [0.4, 0.5) is 0 Å². The molecule has 0 radical (unpaired) electrons. The molecule has 0 aromatic carbocycles. The van der Waals surface area contributed by atoms with Crippen molar-refractivity contribution in [1.29, 1.82) is 0 Å². The fourth-order valence-electron chi connectivity index (χ4n) is 4.02. The summed E-state index contributed by atoms with van der Waals surface area (Å²) >= 11 is 0. The van der Waals surface area contributed by atoms with Crippen LogP contribution in [0.2, 0.25) is 0 Å². The summed E-state index contributed by atoms with van der Waals surface area (Å²) in [4.78, 5) is 35.7. The number of rotatable bonds is 6. The van der Waals surface area contributed by atoms with Crippen LogP contribution < -0.4 is 0 Å². The van der Waals surface area contributed by atoms with Gasteiger partial charge in [-0.1, -0.05) is 0 Å². The summed E-state index contributed by atoms with van der Waals surface area (Å²) in [5.41, 5.74) is 1.09. The lowest BCUT2D eigenvalue weighted by Crippen LogP contribution is -2.55. The summed E-state index contributed by atoms with van der Waals surface area (Å²) in [6.07, 6.45) is 7.80. The summed E-state index contributed by atoms with van der Waals surface area (Å²) < 4.78 is 5.28. The topological polar surface area (TPSA) is 78.5 Å². The second-order valence-corrected chi connectivity index (χ2v) is 7.20. The minimum atomic E-state index is 0.0437. The van der Waals surface area contributed by atoms with E-state index in [0.717, 1.165) is 51.0 Å². The minimum Gasteiger partial charge on any atom is -0.372 e. The number of carbonyl (C=O) groups excluding carboxylic acids is 2. The molecule has 138 valence electrons. The molecule has 0 unspecified atom stereocenters. The first-order valence-electron chi connectivity index (χ1n) is 9.22. The third kappa shape index (κ3) is 4.39. The number of aromatic nitrogens is 2. The quantitative estimate of drug-likeness (QED) is 0.838. The van der Waals surface area contributed by atoms with Gasteiger partial charge in [0, 0.05) is 62.9 Å². The van der Waals surface area contributed by atoms with Gasteiger partial charge >= 0.3 is 0 Å². The number of ether oxygens (including phenoxy) is 1. The van der Waals surface area contributed by atoms with Crippen molar-refractivity contribution in [2.45, 2.75) is 39.0 Å². The Morgan fingerprint density at radius 3 is 3.04 bits per heavy atom. The van der Waals surface area contributed by atoms with Crippen LogP contribution in [0.15, 0.2) is 12.5 Å². The lowest BCUT2D eigenvalue weighted by atomic mass is 9.73. The third-order valence-corrected chi connectivity index (χ3v) is 5.40. The fraction of sp³-hybridized carbons (Fsp3) is 0.722. The van der Waals surface area contributed by atoms with Gasteiger partial charge in [0.25, 0.3) is 0 Å². The molecule has 7 nitrogen and oxygen atoms in total. The van der Waals surface area contributed by atoms with Crippen molar-refractivity contribution < 1.29 is 14.3 Å². The summed E-state index contributed by atoms with van der Waals surface area (Å²) in [6.45, 7) is 5.61. The smallest absolute Gasteiger partial charge is 0.248 e. The van der Waals surface area contributed by atoms with Crippen LogP contribution in [0, 0.1) is 5.41 Å². The average molecular weight is 348 g/mol. The standard InChI is InChI=1S/C18H28N4O3/c1-2-25-11-17(24)21-8-3-6-18(12-21)7-4-16(23)22(13-18)9-5-15-10-19-14-20-15/h10,14H,2-9,11-13H2,1H3,(H,19,20)/t18-/m1/s1. The number of imidazole rings is 1. The van der Waals surface area contributed by atoms with Gasteiger partial charge in [0.05, 0.1) is 6.33 Å². The first kappa shape index (κ1) is 17.9. The van der Waals surface area contributed by atoms with Crippen molar-refractivity contribution in [2.75, 3.05) is 39.4 Å². The zero-order chi connectivity index (χ0) is 17.7. The Bertz CT molecular complexity index is 589. The highest BCUT2D eigenvalue weighted by molar-refractivity contribution is 5.78. The lowest BCUT2D eigenvalue weighted by Gasteiger charge is -2.48. The number of likely N-dealkylation sites (tertiary alicyclic amines) is 2. The van der Waals surface area contributed by atoms with Gasteiger partial charge in [0.15, 0.2) is 0 Å². The van der Waals surface area contributed by atoms with Crippen molar-refractivity contribution in [2.24, 2.45) is 5.41 Å². The van der Waals surface area contributed by atoms with Gasteiger partial charge < -0.3 is 19.5 Å². The molecule has 0 saturated carbocycles. The SMILES string of the molecule is CCOCC(=O)N1CCC[C@@]2(CCC(=O)N(CCc3cnc[nH]3)C2)C1. The molecule has 0 aliphatic carbocycles. The molecular weight excluding hydrogens is 320 g/mol. The second kappa shape index (κ2) is 7.99. The highest BCUT2D eigenvalue weighted by atomic mass is 16.5. The first-order chi connectivity index (χ1) is 12.1. The Hall–Kier alpha value is -1.89. The van der Waals surface area contributed by atoms with E-state index in [1.165, 1.54) is 0 Å².